The van der Waals surface area contributed by atoms with Gasteiger partial charge in [-0.1, -0.05) is 28.9 Å². The van der Waals surface area contributed by atoms with Gasteiger partial charge in [-0.05, 0) is 47.1 Å². The van der Waals surface area contributed by atoms with Crippen LogP contribution in [-0.2, 0) is 0 Å². The van der Waals surface area contributed by atoms with Gasteiger partial charge in [0, 0.05) is 37.2 Å². The van der Waals surface area contributed by atoms with Gasteiger partial charge in [-0.25, -0.2) is 0 Å². The number of benzene rings is 1. The number of rotatable bonds is 4. The lowest BCUT2D eigenvalue weighted by molar-refractivity contribution is 0.154. The van der Waals surface area contributed by atoms with E-state index in [0.717, 1.165) is 34.1 Å². The fourth-order valence-electron chi connectivity index (χ4n) is 2.62. The van der Waals surface area contributed by atoms with Gasteiger partial charge in [0.05, 0.1) is 0 Å². The molecule has 1 aliphatic rings. The number of halogens is 2. The average molecular weight is 431 g/mol. The summed E-state index contributed by atoms with van der Waals surface area (Å²) >= 11 is 8.82. The Morgan fingerprint density at radius 2 is 2.14 bits per heavy atom. The van der Waals surface area contributed by atoms with Crippen molar-refractivity contribution in [3.8, 4) is 5.75 Å². The second-order valence-electron chi connectivity index (χ2n) is 5.20. The van der Waals surface area contributed by atoms with Crippen molar-refractivity contribution in [1.82, 2.24) is 5.32 Å². The van der Waals surface area contributed by atoms with Crippen LogP contribution in [0.15, 0.2) is 38.6 Å². The molecule has 0 amide bonds. The number of nitrogens with one attached hydrogen (secondary N) is 1. The minimum absolute atomic E-state index is 0.123. The Morgan fingerprint density at radius 1 is 1.29 bits per heavy atom. The lowest BCUT2D eigenvalue weighted by atomic mass is 9.95. The van der Waals surface area contributed by atoms with Crippen LogP contribution in [0, 0.1) is 0 Å². The molecule has 2 aromatic rings. The lowest BCUT2D eigenvalue weighted by Gasteiger charge is -2.32. The van der Waals surface area contributed by atoms with E-state index in [0.29, 0.717) is 6.04 Å². The van der Waals surface area contributed by atoms with Crippen LogP contribution >= 0.6 is 43.2 Å². The molecular weight excluding hydrogens is 414 g/mol. The molecule has 1 aromatic heterocycles. The van der Waals surface area contributed by atoms with E-state index in [-0.39, 0.29) is 6.10 Å². The number of hydrogen-bond donors (Lipinski definition) is 1. The highest BCUT2D eigenvalue weighted by molar-refractivity contribution is 9.10. The van der Waals surface area contributed by atoms with E-state index in [1.807, 2.05) is 0 Å². The van der Waals surface area contributed by atoms with Gasteiger partial charge < -0.3 is 10.1 Å². The summed E-state index contributed by atoms with van der Waals surface area (Å²) in [6, 6.07) is 8.84. The molecule has 5 heteroatoms. The number of thiophene rings is 1. The quantitative estimate of drug-likeness (QED) is 0.657. The van der Waals surface area contributed by atoms with Crippen molar-refractivity contribution >= 4 is 43.2 Å². The molecule has 1 N–H and O–H groups in total. The maximum Gasteiger partial charge on any atom is 0.135 e. The number of fused-ring (bicyclic) bond motifs is 1. The Hall–Kier alpha value is -0.360. The van der Waals surface area contributed by atoms with Gasteiger partial charge >= 0.3 is 0 Å². The molecule has 2 atom stereocenters. The maximum absolute atomic E-state index is 6.24. The molecule has 0 fully saturated rings. The van der Waals surface area contributed by atoms with Crippen molar-refractivity contribution in [3.05, 3.63) is 49.0 Å². The average Bonchev–Trinajstić information content (AvgIpc) is 2.90. The summed E-state index contributed by atoms with van der Waals surface area (Å²) in [5, 5.41) is 5.77. The molecule has 2 heterocycles. The second kappa shape index (κ2) is 6.82. The van der Waals surface area contributed by atoms with Crippen LogP contribution < -0.4 is 10.1 Å². The minimum atomic E-state index is 0.123. The summed E-state index contributed by atoms with van der Waals surface area (Å²) in [5.41, 5.74) is 1.26. The van der Waals surface area contributed by atoms with Crippen LogP contribution in [0.1, 0.15) is 42.4 Å². The zero-order chi connectivity index (χ0) is 14.8. The van der Waals surface area contributed by atoms with Gasteiger partial charge in [0.2, 0.25) is 0 Å². The van der Waals surface area contributed by atoms with Crippen molar-refractivity contribution in [1.29, 1.82) is 0 Å². The molecular formula is C16H17Br2NOS. The minimum Gasteiger partial charge on any atom is -0.484 e. The van der Waals surface area contributed by atoms with Crippen LogP contribution in [0.5, 0.6) is 5.75 Å². The Bertz CT molecular complexity index is 628. The van der Waals surface area contributed by atoms with Crippen molar-refractivity contribution in [2.45, 2.75) is 31.9 Å². The lowest BCUT2D eigenvalue weighted by Crippen LogP contribution is -2.29. The molecule has 1 aliphatic heterocycles. The number of hydrogen-bond acceptors (Lipinski definition) is 3. The molecule has 0 aliphatic carbocycles. The van der Waals surface area contributed by atoms with Crippen molar-refractivity contribution in [2.24, 2.45) is 0 Å². The summed E-state index contributed by atoms with van der Waals surface area (Å²) in [6.07, 6.45) is 2.23. The van der Waals surface area contributed by atoms with Gasteiger partial charge in [0.25, 0.3) is 0 Å². The summed E-state index contributed by atoms with van der Waals surface area (Å²) in [6.45, 7) is 3.23. The Balaban J connectivity index is 1.91. The highest BCUT2D eigenvalue weighted by Gasteiger charge is 2.29. The largest absolute Gasteiger partial charge is 0.484 e. The van der Waals surface area contributed by atoms with E-state index in [4.69, 9.17) is 4.74 Å². The van der Waals surface area contributed by atoms with E-state index >= 15 is 0 Å². The molecule has 2 unspecified atom stereocenters. The zero-order valence-corrected chi connectivity index (χ0v) is 15.7. The number of ether oxygens (including phenoxy) is 1. The van der Waals surface area contributed by atoms with Crippen molar-refractivity contribution in [3.63, 3.8) is 0 Å². The van der Waals surface area contributed by atoms with Crippen molar-refractivity contribution < 1.29 is 4.74 Å². The third-order valence-corrected chi connectivity index (χ3v) is 5.89. The van der Waals surface area contributed by atoms with Gasteiger partial charge in [0.1, 0.15) is 11.9 Å². The van der Waals surface area contributed by atoms with Gasteiger partial charge in [-0.2, -0.15) is 0 Å². The van der Waals surface area contributed by atoms with E-state index in [1.54, 1.807) is 11.3 Å². The standard InChI is InChI=1S/C16H17Br2NOS/c1-2-5-19-13-8-15(16-7-11(18)9-21-16)20-14-6-10(17)3-4-12(13)14/h3-4,6-7,9,13,15,19H,2,5,8H2,1H3. The van der Waals surface area contributed by atoms with Crippen LogP contribution in [0.4, 0.5) is 0 Å². The van der Waals surface area contributed by atoms with Crippen molar-refractivity contribution in [2.75, 3.05) is 6.54 Å². The molecule has 2 nitrogen and oxygen atoms in total. The molecule has 21 heavy (non-hydrogen) atoms. The second-order valence-corrected chi connectivity index (χ2v) is 7.97. The topological polar surface area (TPSA) is 21.3 Å². The first-order valence-corrected chi connectivity index (χ1v) is 9.57. The summed E-state index contributed by atoms with van der Waals surface area (Å²) in [5.74, 6) is 0.985. The summed E-state index contributed by atoms with van der Waals surface area (Å²) in [4.78, 5) is 1.27. The first-order valence-electron chi connectivity index (χ1n) is 7.10. The molecule has 0 saturated carbocycles. The van der Waals surface area contributed by atoms with E-state index in [2.05, 4.69) is 73.7 Å². The van der Waals surface area contributed by atoms with E-state index in [9.17, 15) is 0 Å². The molecule has 0 saturated heterocycles. The third-order valence-electron chi connectivity index (χ3n) is 3.62. The fraction of sp³-hybridized carbons (Fsp3) is 0.375. The van der Waals surface area contributed by atoms with Gasteiger partial charge in [0.15, 0.2) is 0 Å². The normalized spacial score (nSPS) is 20.9. The molecule has 1 aromatic carbocycles. The first-order chi connectivity index (χ1) is 10.2. The Kier molecular flexibility index (Phi) is 5.04. The van der Waals surface area contributed by atoms with Crippen LogP contribution in [0.3, 0.4) is 0 Å². The predicted molar refractivity (Wildman–Crippen MR) is 95.2 cm³/mol. The molecule has 3 rings (SSSR count). The highest BCUT2D eigenvalue weighted by Crippen LogP contribution is 2.43. The molecule has 0 bridgehead atoms. The predicted octanol–water partition coefficient (Wildman–Crippen LogP) is 5.84. The van der Waals surface area contributed by atoms with Gasteiger partial charge in [-0.3, -0.25) is 0 Å². The third kappa shape index (κ3) is 3.52. The van der Waals surface area contributed by atoms with Gasteiger partial charge in [-0.15, -0.1) is 11.3 Å². The first kappa shape index (κ1) is 15.5. The summed E-state index contributed by atoms with van der Waals surface area (Å²) < 4.78 is 8.43. The molecule has 112 valence electrons. The molecule has 0 radical (unpaired) electrons. The Labute approximate surface area is 146 Å². The van der Waals surface area contributed by atoms with E-state index < -0.39 is 0 Å². The SMILES string of the molecule is CCCNC1CC(c2cc(Br)cs2)Oc2cc(Br)ccc21. The van der Waals surface area contributed by atoms with Crippen LogP contribution in [0.25, 0.3) is 0 Å². The monoisotopic (exact) mass is 429 g/mol. The summed E-state index contributed by atoms with van der Waals surface area (Å²) in [7, 11) is 0. The highest BCUT2D eigenvalue weighted by atomic mass is 79.9. The van der Waals surface area contributed by atoms with Crippen LogP contribution in [-0.4, -0.2) is 6.54 Å². The maximum atomic E-state index is 6.24. The van der Waals surface area contributed by atoms with E-state index in [1.165, 1.54) is 10.4 Å². The smallest absolute Gasteiger partial charge is 0.135 e. The van der Waals surface area contributed by atoms with Crippen LogP contribution in [0.2, 0.25) is 0 Å². The zero-order valence-electron chi connectivity index (χ0n) is 11.7. The molecule has 0 spiro atoms. The Morgan fingerprint density at radius 3 is 2.86 bits per heavy atom. The fourth-order valence-corrected chi connectivity index (χ4v) is 4.45.